The third-order valence-corrected chi connectivity index (χ3v) is 2.34. The van der Waals surface area contributed by atoms with E-state index in [1.54, 1.807) is 31.2 Å². The molecule has 0 spiro atoms. The van der Waals surface area contributed by atoms with Crippen LogP contribution in [0.15, 0.2) is 29.2 Å². The minimum absolute atomic E-state index is 0.0844. The van der Waals surface area contributed by atoms with E-state index in [0.717, 1.165) is 10.5 Å². The molecule has 0 saturated carbocycles. The highest BCUT2D eigenvalue weighted by atomic mass is 32.1. The van der Waals surface area contributed by atoms with Crippen LogP contribution in [-0.2, 0) is 10.3 Å². The Bertz CT molecular complexity index is 332. The van der Waals surface area contributed by atoms with E-state index in [1.165, 1.54) is 0 Å². The number of hydrogen-bond donors (Lipinski definition) is 3. The van der Waals surface area contributed by atoms with Crippen molar-refractivity contribution in [3.8, 4) is 0 Å². The van der Waals surface area contributed by atoms with Gasteiger partial charge < -0.3 is 10.8 Å². The Labute approximate surface area is 88.3 Å². The van der Waals surface area contributed by atoms with Crippen molar-refractivity contribution in [3.05, 3.63) is 29.8 Å². The molecule has 1 atom stereocenters. The zero-order chi connectivity index (χ0) is 10.8. The summed E-state index contributed by atoms with van der Waals surface area (Å²) >= 11 is 4.14. The second-order valence-electron chi connectivity index (χ2n) is 3.53. The molecule has 0 unspecified atom stereocenters. The average Bonchev–Trinajstić information content (AvgIpc) is 2.02. The number of thiol groups is 1. The van der Waals surface area contributed by atoms with Gasteiger partial charge in [-0.2, -0.15) is 0 Å². The Hall–Kier alpha value is -1.00. The van der Waals surface area contributed by atoms with E-state index in [4.69, 9.17) is 10.8 Å². The van der Waals surface area contributed by atoms with Gasteiger partial charge in [0.05, 0.1) is 6.42 Å². The van der Waals surface area contributed by atoms with E-state index in [9.17, 15) is 4.79 Å². The van der Waals surface area contributed by atoms with Crippen LogP contribution in [0.2, 0.25) is 0 Å². The first-order valence-electron chi connectivity index (χ1n) is 4.22. The molecule has 0 heterocycles. The lowest BCUT2D eigenvalue weighted by atomic mass is 9.90. The van der Waals surface area contributed by atoms with E-state index >= 15 is 0 Å². The Balaban J connectivity index is 2.91. The predicted octanol–water partition coefficient (Wildman–Crippen LogP) is 1.62. The highest BCUT2D eigenvalue weighted by Gasteiger charge is 2.24. The largest absolute Gasteiger partial charge is 0.481 e. The normalized spacial score (nSPS) is 14.8. The molecule has 0 radical (unpaired) electrons. The van der Waals surface area contributed by atoms with Gasteiger partial charge in [-0.05, 0) is 24.6 Å². The van der Waals surface area contributed by atoms with Gasteiger partial charge in [-0.25, -0.2) is 0 Å². The number of hydrogen-bond acceptors (Lipinski definition) is 3. The second kappa shape index (κ2) is 4.02. The van der Waals surface area contributed by atoms with Crippen LogP contribution in [0.5, 0.6) is 0 Å². The maximum Gasteiger partial charge on any atom is 0.305 e. The van der Waals surface area contributed by atoms with E-state index in [0.29, 0.717) is 0 Å². The lowest BCUT2D eigenvalue weighted by Gasteiger charge is -2.23. The van der Waals surface area contributed by atoms with Gasteiger partial charge in [0.15, 0.2) is 0 Å². The van der Waals surface area contributed by atoms with Crippen molar-refractivity contribution in [1.29, 1.82) is 0 Å². The molecule has 76 valence electrons. The summed E-state index contributed by atoms with van der Waals surface area (Å²) < 4.78 is 0. The van der Waals surface area contributed by atoms with Crippen LogP contribution in [0.4, 0.5) is 0 Å². The van der Waals surface area contributed by atoms with Crippen molar-refractivity contribution in [1.82, 2.24) is 0 Å². The summed E-state index contributed by atoms with van der Waals surface area (Å²) in [5.74, 6) is -0.898. The molecule has 4 heteroatoms. The lowest BCUT2D eigenvalue weighted by molar-refractivity contribution is -0.138. The number of carboxylic acids is 1. The summed E-state index contributed by atoms with van der Waals surface area (Å²) in [4.78, 5) is 11.4. The van der Waals surface area contributed by atoms with Gasteiger partial charge in [-0.15, -0.1) is 12.6 Å². The minimum atomic E-state index is -0.898. The van der Waals surface area contributed by atoms with Crippen LogP contribution >= 0.6 is 12.6 Å². The molecule has 3 nitrogen and oxygen atoms in total. The zero-order valence-corrected chi connectivity index (χ0v) is 8.79. The molecular weight excluding hydrogens is 198 g/mol. The molecule has 0 saturated heterocycles. The Morgan fingerprint density at radius 3 is 2.43 bits per heavy atom. The molecule has 0 bridgehead atoms. The fourth-order valence-electron chi connectivity index (χ4n) is 1.26. The highest BCUT2D eigenvalue weighted by Crippen LogP contribution is 2.22. The first kappa shape index (κ1) is 11.1. The first-order chi connectivity index (χ1) is 6.42. The van der Waals surface area contributed by atoms with Gasteiger partial charge in [0.2, 0.25) is 0 Å². The van der Waals surface area contributed by atoms with E-state index in [2.05, 4.69) is 12.6 Å². The van der Waals surface area contributed by atoms with Crippen LogP contribution in [0.1, 0.15) is 18.9 Å². The number of carboxylic acid groups (broad SMARTS) is 1. The van der Waals surface area contributed by atoms with E-state index in [-0.39, 0.29) is 6.42 Å². The van der Waals surface area contributed by atoms with Crippen molar-refractivity contribution in [2.24, 2.45) is 5.73 Å². The SMILES string of the molecule is C[C@@](N)(CC(=O)O)c1ccc(S)cc1. The van der Waals surface area contributed by atoms with Gasteiger partial charge in [0.1, 0.15) is 0 Å². The van der Waals surface area contributed by atoms with Gasteiger partial charge in [0, 0.05) is 10.4 Å². The molecule has 0 aliphatic carbocycles. The van der Waals surface area contributed by atoms with Crippen LogP contribution in [0, 0.1) is 0 Å². The summed E-state index contributed by atoms with van der Waals surface area (Å²) in [7, 11) is 0. The predicted molar refractivity (Wildman–Crippen MR) is 57.5 cm³/mol. The third-order valence-electron chi connectivity index (χ3n) is 2.05. The maximum absolute atomic E-state index is 10.6. The van der Waals surface area contributed by atoms with Gasteiger partial charge in [-0.1, -0.05) is 12.1 Å². The van der Waals surface area contributed by atoms with E-state index < -0.39 is 11.5 Å². The quantitative estimate of drug-likeness (QED) is 0.666. The van der Waals surface area contributed by atoms with Crippen LogP contribution < -0.4 is 5.73 Å². The monoisotopic (exact) mass is 211 g/mol. The molecule has 1 aromatic rings. The zero-order valence-electron chi connectivity index (χ0n) is 7.90. The molecule has 0 amide bonds. The van der Waals surface area contributed by atoms with Crippen molar-refractivity contribution in [3.63, 3.8) is 0 Å². The summed E-state index contributed by atoms with van der Waals surface area (Å²) in [6, 6.07) is 7.19. The Kier molecular flexibility index (Phi) is 3.18. The molecule has 0 aliphatic heterocycles. The molecule has 3 N–H and O–H groups in total. The van der Waals surface area contributed by atoms with Gasteiger partial charge in [0.25, 0.3) is 0 Å². The van der Waals surface area contributed by atoms with Crippen molar-refractivity contribution in [2.45, 2.75) is 23.8 Å². The standard InChI is InChI=1S/C10H13NO2S/c1-10(11,6-9(12)13)7-2-4-8(14)5-3-7/h2-5,14H,6,11H2,1H3,(H,12,13)/t10-/m1/s1. The third kappa shape index (κ3) is 2.75. The summed E-state index contributed by atoms with van der Waals surface area (Å²) in [6.07, 6.45) is -0.0844. The van der Waals surface area contributed by atoms with E-state index in [1.807, 2.05) is 0 Å². The smallest absolute Gasteiger partial charge is 0.305 e. The van der Waals surface area contributed by atoms with Gasteiger partial charge >= 0.3 is 5.97 Å². The van der Waals surface area contributed by atoms with Crippen molar-refractivity contribution >= 4 is 18.6 Å². The molecular formula is C10H13NO2S. The number of rotatable bonds is 3. The lowest BCUT2D eigenvalue weighted by Crippen LogP contribution is -2.35. The minimum Gasteiger partial charge on any atom is -0.481 e. The number of nitrogens with two attached hydrogens (primary N) is 1. The number of carbonyl (C=O) groups is 1. The Morgan fingerprint density at radius 1 is 1.50 bits per heavy atom. The van der Waals surface area contributed by atoms with Crippen LogP contribution in [-0.4, -0.2) is 11.1 Å². The molecule has 1 rings (SSSR count). The highest BCUT2D eigenvalue weighted by molar-refractivity contribution is 7.80. The van der Waals surface area contributed by atoms with Crippen molar-refractivity contribution in [2.75, 3.05) is 0 Å². The van der Waals surface area contributed by atoms with Crippen molar-refractivity contribution < 1.29 is 9.90 Å². The average molecular weight is 211 g/mol. The van der Waals surface area contributed by atoms with Gasteiger partial charge in [-0.3, -0.25) is 4.79 Å². The number of benzene rings is 1. The van der Waals surface area contributed by atoms with Crippen LogP contribution in [0.3, 0.4) is 0 Å². The topological polar surface area (TPSA) is 63.3 Å². The van der Waals surface area contributed by atoms with Crippen LogP contribution in [0.25, 0.3) is 0 Å². The Morgan fingerprint density at radius 2 is 2.00 bits per heavy atom. The summed E-state index contributed by atoms with van der Waals surface area (Å²) in [6.45, 7) is 1.70. The molecule has 0 fully saturated rings. The fraction of sp³-hybridized carbons (Fsp3) is 0.300. The molecule has 0 aromatic heterocycles. The second-order valence-corrected chi connectivity index (χ2v) is 4.05. The maximum atomic E-state index is 10.6. The fourth-order valence-corrected chi connectivity index (χ4v) is 1.41. The first-order valence-corrected chi connectivity index (χ1v) is 4.67. The summed E-state index contributed by atoms with van der Waals surface area (Å²) in [5, 5.41) is 8.67. The summed E-state index contributed by atoms with van der Waals surface area (Å²) in [5.41, 5.74) is 5.86. The molecule has 14 heavy (non-hydrogen) atoms. The molecule has 0 aliphatic rings. The number of aliphatic carboxylic acids is 1. The molecule has 1 aromatic carbocycles.